The number of benzene rings is 4. The lowest BCUT2D eigenvalue weighted by molar-refractivity contribution is -0.143. The van der Waals surface area contributed by atoms with Crippen molar-refractivity contribution in [3.05, 3.63) is 155 Å². The molecule has 0 unspecified atom stereocenters. The molecule has 10 N–H and O–H groups in total. The van der Waals surface area contributed by atoms with E-state index in [1.165, 1.54) is 9.80 Å². The monoisotopic (exact) mass is 1480 g/mol. The number of aromatic nitrogens is 6. The van der Waals surface area contributed by atoms with Crippen molar-refractivity contribution < 1.29 is 67.6 Å². The van der Waals surface area contributed by atoms with E-state index in [1.807, 2.05) is 0 Å². The van der Waals surface area contributed by atoms with Crippen LogP contribution >= 0.6 is 0 Å². The fraction of sp³-hybridized carbons (Fsp3) is 0.513. The van der Waals surface area contributed by atoms with Gasteiger partial charge >= 0.3 is 11.9 Å². The van der Waals surface area contributed by atoms with Crippen molar-refractivity contribution in [2.24, 2.45) is 11.8 Å². The molecule has 8 amide bonds. The fourth-order valence-corrected chi connectivity index (χ4v) is 15.2. The van der Waals surface area contributed by atoms with Gasteiger partial charge in [0.25, 0.3) is 0 Å². The van der Waals surface area contributed by atoms with Gasteiger partial charge in [0, 0.05) is 51.6 Å². The molecule has 14 rings (SSSR count). The zero-order chi connectivity index (χ0) is 76.4. The van der Waals surface area contributed by atoms with Crippen LogP contribution in [0, 0.1) is 11.8 Å². The van der Waals surface area contributed by atoms with E-state index in [2.05, 4.69) is 63.2 Å². The number of hydrogen-bond donors (Lipinski definition) is 10. The van der Waals surface area contributed by atoms with Crippen molar-refractivity contribution in [3.8, 4) is 11.5 Å². The van der Waals surface area contributed by atoms with Crippen LogP contribution in [0.5, 0.6) is 11.5 Å². The van der Waals surface area contributed by atoms with Crippen LogP contribution in [-0.4, -0.2) is 197 Å². The number of nitrogens with one attached hydrogen (secondary N) is 8. The highest BCUT2D eigenvalue weighted by Gasteiger charge is 2.47. The Hall–Kier alpha value is -10.6. The van der Waals surface area contributed by atoms with Gasteiger partial charge in [-0.05, 0) is 99.1 Å². The fourth-order valence-electron chi connectivity index (χ4n) is 15.2. The van der Waals surface area contributed by atoms with Gasteiger partial charge in [-0.2, -0.15) is 0 Å². The highest BCUT2D eigenvalue weighted by Crippen LogP contribution is 2.35. The predicted molar refractivity (Wildman–Crippen MR) is 394 cm³/mol. The summed E-state index contributed by atoms with van der Waals surface area (Å²) in [6.45, 7) is 3.06. The van der Waals surface area contributed by atoms with Crippen molar-refractivity contribution in [1.82, 2.24) is 82.3 Å². The van der Waals surface area contributed by atoms with E-state index in [0.717, 1.165) is 64.2 Å². The number of carboxylic acid groups (broad SMARTS) is 2. The molecule has 6 aliphatic heterocycles. The molecule has 0 spiro atoms. The largest absolute Gasteiger partial charge is 0.487 e. The maximum absolute atomic E-state index is 15.3. The number of aliphatic carboxylic acids is 2. The van der Waals surface area contributed by atoms with Gasteiger partial charge in [-0.25, -0.2) is 19.0 Å². The molecular weight excluding hydrogens is 1380 g/mol. The smallest absolute Gasteiger partial charge is 0.326 e. The minimum atomic E-state index is -1.49. The quantitative estimate of drug-likeness (QED) is 0.0584. The summed E-state index contributed by atoms with van der Waals surface area (Å²) in [5.41, 5.74) is 3.07. The molecule has 12 atom stereocenters. The maximum Gasteiger partial charge on any atom is 0.326 e. The summed E-state index contributed by atoms with van der Waals surface area (Å²) in [6.07, 6.45) is 12.9. The molecule has 4 aromatic carbocycles. The van der Waals surface area contributed by atoms with Crippen LogP contribution in [0.1, 0.15) is 149 Å². The molecule has 2 aromatic heterocycles. The highest BCUT2D eigenvalue weighted by molar-refractivity contribution is 5.98. The predicted octanol–water partition coefficient (Wildman–Crippen LogP) is 3.83. The van der Waals surface area contributed by atoms with Crippen molar-refractivity contribution in [2.75, 3.05) is 27.2 Å². The number of carbonyl (C=O) groups excluding carboxylic acids is 8. The number of amides is 8. The van der Waals surface area contributed by atoms with Gasteiger partial charge in [-0.3, -0.25) is 38.4 Å². The van der Waals surface area contributed by atoms with Crippen molar-refractivity contribution in [1.29, 1.82) is 0 Å². The first-order valence-electron chi connectivity index (χ1n) is 37.7. The lowest BCUT2D eigenvalue weighted by Crippen LogP contribution is -2.58. The minimum Gasteiger partial charge on any atom is -0.487 e. The normalized spacial score (nSPS) is 23.5. The van der Waals surface area contributed by atoms with E-state index >= 15 is 19.2 Å². The average Bonchev–Trinajstić information content (AvgIpc) is 1.64. The van der Waals surface area contributed by atoms with Crippen LogP contribution in [-0.2, 0) is 86.8 Å². The van der Waals surface area contributed by atoms with Gasteiger partial charge in [0.2, 0.25) is 47.3 Å². The molecule has 6 aromatic rings. The van der Waals surface area contributed by atoms with E-state index in [-0.39, 0.29) is 76.7 Å². The standard InChI is InChI=1S/C78H100N16O14/c1-47(79-3)69(95)83-63(35-51-21-13-7-14-22-51)75(101)91-43-57-39-67(91)73(99)81-61(33-49-17-9-5-10-18-49)71(97)85-65(77(103)104)37-53-27-31-60(32-28-53)108-46-56-42-94(90-88-56)58-40-68(92(44-58)76(102)64(84-70(96)48(2)80-4)36-52-23-15-8-16-24-52)74(100)82-62(34-50-19-11-6-12-20-50)72(98)86-66(78(105)106)38-54-25-29-59(30-26-54)107-45-55-41-93(57)89-87-55/h5-6,9-12,17-20,25-32,41-42,47-48,51-52,57-58,61-68,79-80H,7-8,13-16,21-24,33-40,43-46H2,1-4H3,(H,81,99)(H,82,100)(H,83,95)(H,84,96)(H,85,97)(H,86,98)(H,103,104)(H,105,106)/t47-,48-,57-,58-,61-,62-,63-,64-,65-,66-,67-,68-/m0/s1. The van der Waals surface area contributed by atoms with Gasteiger partial charge in [-0.15, -0.1) is 10.2 Å². The van der Waals surface area contributed by atoms with Crippen LogP contribution in [0.4, 0.5) is 0 Å². The second-order valence-electron chi connectivity index (χ2n) is 29.4. The van der Waals surface area contributed by atoms with E-state index in [0.29, 0.717) is 58.0 Å². The second kappa shape index (κ2) is 37.3. The molecule has 8 heterocycles. The summed E-state index contributed by atoms with van der Waals surface area (Å²) >= 11 is 0. The Morgan fingerprint density at radius 2 is 0.870 bits per heavy atom. The zero-order valence-electron chi connectivity index (χ0n) is 61.6. The van der Waals surface area contributed by atoms with Crippen molar-refractivity contribution >= 4 is 59.2 Å². The lowest BCUT2D eigenvalue weighted by atomic mass is 9.84. The molecule has 0 radical (unpaired) electrons. The van der Waals surface area contributed by atoms with Gasteiger partial charge < -0.3 is 72.0 Å². The molecule has 12 bridgehead atoms. The Bertz CT molecular complexity index is 3820. The number of likely N-dealkylation sites (N-methyl/N-ethyl adjacent to an activating group) is 2. The summed E-state index contributed by atoms with van der Waals surface area (Å²) in [4.78, 5) is 147. The molecule has 2 saturated carbocycles. The molecule has 8 aliphatic rings. The number of nitrogens with zero attached hydrogens (tertiary/aromatic N) is 8. The van der Waals surface area contributed by atoms with E-state index in [4.69, 9.17) is 9.47 Å². The number of rotatable bonds is 18. The molecule has 30 heteroatoms. The van der Waals surface area contributed by atoms with E-state index in [9.17, 15) is 39.0 Å². The van der Waals surface area contributed by atoms with Crippen LogP contribution in [0.3, 0.4) is 0 Å². The molecule has 2 saturated heterocycles. The van der Waals surface area contributed by atoms with Gasteiger partial charge in [0.05, 0.1) is 36.6 Å². The van der Waals surface area contributed by atoms with Gasteiger partial charge in [0.15, 0.2) is 0 Å². The van der Waals surface area contributed by atoms with Crippen LogP contribution in [0.25, 0.3) is 0 Å². The number of carboxylic acids is 2. The Labute approximate surface area is 627 Å². The first-order chi connectivity index (χ1) is 52.1. The van der Waals surface area contributed by atoms with Crippen LogP contribution in [0.2, 0.25) is 0 Å². The number of likely N-dealkylation sites (tertiary alicyclic amines) is 2. The van der Waals surface area contributed by atoms with Gasteiger partial charge in [0.1, 0.15) is 84.4 Å². The number of hydrogen-bond acceptors (Lipinski definition) is 18. The first kappa shape index (κ1) is 78.5. The zero-order valence-corrected chi connectivity index (χ0v) is 61.6. The van der Waals surface area contributed by atoms with Crippen molar-refractivity contribution in [2.45, 2.75) is 215 Å². The Morgan fingerprint density at radius 3 is 1.22 bits per heavy atom. The topological polar surface area (TPSA) is 394 Å². The molecule has 576 valence electrons. The highest BCUT2D eigenvalue weighted by atomic mass is 16.5. The Morgan fingerprint density at radius 1 is 0.500 bits per heavy atom. The summed E-state index contributed by atoms with van der Waals surface area (Å²) < 4.78 is 15.4. The SMILES string of the molecule is CN[C@@H](C)C(=O)N[C@@H](CC1CCCCC1)C(=O)N1C[C@@H]2C[C@H]1C(=O)N[C@@H](Cc1ccccc1)C(=O)N[C@H](C(=O)O)Cc1ccc(cc1)OCc1cn(nn1)[C@H]1C[C@@H](C(=O)N[C@@H](Cc3ccccc3)C(=O)N[C@H](C(=O)O)Cc3ccc(cc3)OCc3cn2nn3)N(C(=O)[C@H](CC2CCCCC2)NC(=O)[C@H](C)NC)C1. The van der Waals surface area contributed by atoms with Crippen LogP contribution in [0.15, 0.2) is 122 Å². The molecule has 4 fully saturated rings. The maximum atomic E-state index is 15.3. The molecule has 2 aliphatic carbocycles. The molecular formula is C78H100N16O14. The second-order valence-corrected chi connectivity index (χ2v) is 29.4. The Balaban J connectivity index is 0.897. The third kappa shape index (κ3) is 21.0. The summed E-state index contributed by atoms with van der Waals surface area (Å²) in [6, 6.07) is 18.2. The lowest BCUT2D eigenvalue weighted by Gasteiger charge is -2.32. The first-order valence-corrected chi connectivity index (χ1v) is 37.7. The third-order valence-corrected chi connectivity index (χ3v) is 21.6. The Kier molecular flexibility index (Phi) is 27.1. The van der Waals surface area contributed by atoms with Crippen LogP contribution < -0.4 is 52.0 Å². The summed E-state index contributed by atoms with van der Waals surface area (Å²) in [5.74, 6) is -6.47. The summed E-state index contributed by atoms with van der Waals surface area (Å²) in [5, 5.41) is 62.2. The summed E-state index contributed by atoms with van der Waals surface area (Å²) in [7, 11) is 3.28. The van der Waals surface area contributed by atoms with Gasteiger partial charge in [-0.1, -0.05) is 160 Å². The van der Waals surface area contributed by atoms with E-state index in [1.54, 1.807) is 159 Å². The number of ether oxygens (including phenoxy) is 2. The molecule has 30 nitrogen and oxygen atoms in total. The van der Waals surface area contributed by atoms with Crippen molar-refractivity contribution in [3.63, 3.8) is 0 Å². The third-order valence-electron chi connectivity index (χ3n) is 21.6. The minimum absolute atomic E-state index is 0.000153. The van der Waals surface area contributed by atoms with E-state index < -0.39 is 132 Å². The molecule has 108 heavy (non-hydrogen) atoms. The number of carbonyl (C=O) groups is 10. The average molecular weight is 1490 g/mol.